The van der Waals surface area contributed by atoms with Gasteiger partial charge in [-0.3, -0.25) is 9.59 Å². The first-order valence-electron chi connectivity index (χ1n) is 12.3. The lowest BCUT2D eigenvalue weighted by molar-refractivity contribution is -0.158. The van der Waals surface area contributed by atoms with Crippen LogP contribution in [0.5, 0.6) is 0 Å². The second-order valence-electron chi connectivity index (χ2n) is 10.2. The molecule has 0 saturated carbocycles. The number of nitriles is 1. The zero-order chi connectivity index (χ0) is 26.9. The molecule has 0 radical (unpaired) electrons. The molecule has 190 valence electrons. The fourth-order valence-electron chi connectivity index (χ4n) is 5.47. The molecule has 0 spiro atoms. The van der Waals surface area contributed by atoms with Crippen LogP contribution in [0, 0.1) is 30.1 Å². The summed E-state index contributed by atoms with van der Waals surface area (Å²) < 4.78 is 0. The number of aliphatic carboxylic acids is 1. The van der Waals surface area contributed by atoms with Gasteiger partial charge in [0.2, 0.25) is 5.91 Å². The van der Waals surface area contributed by atoms with Crippen molar-refractivity contribution in [2.24, 2.45) is 11.8 Å². The summed E-state index contributed by atoms with van der Waals surface area (Å²) in [5.41, 5.74) is 0.889. The molecular weight excluding hydrogens is 484 g/mol. The first kappa shape index (κ1) is 26.3. The number of carboxylic acid groups (broad SMARTS) is 1. The number of rotatable bonds is 7. The van der Waals surface area contributed by atoms with Gasteiger partial charge in [0.15, 0.2) is 5.78 Å². The van der Waals surface area contributed by atoms with Crippen molar-refractivity contribution in [3.63, 3.8) is 0 Å². The van der Waals surface area contributed by atoms with Gasteiger partial charge in [-0.15, -0.1) is 11.3 Å². The van der Waals surface area contributed by atoms with Crippen LogP contribution in [0.25, 0.3) is 0 Å². The Bertz CT molecular complexity index is 1340. The molecule has 4 unspecified atom stereocenters. The van der Waals surface area contributed by atoms with E-state index < -0.39 is 29.4 Å². The number of carboxylic acids is 1. The van der Waals surface area contributed by atoms with E-state index in [4.69, 9.17) is 0 Å². The summed E-state index contributed by atoms with van der Waals surface area (Å²) in [6.07, 6.45) is 0.151. The third kappa shape index (κ3) is 4.70. The van der Waals surface area contributed by atoms with Crippen LogP contribution >= 0.6 is 11.3 Å². The van der Waals surface area contributed by atoms with Gasteiger partial charge in [-0.2, -0.15) is 5.26 Å². The van der Waals surface area contributed by atoms with Crippen molar-refractivity contribution in [2.75, 3.05) is 0 Å². The number of aryl methyl sites for hydroxylation is 1. The highest BCUT2D eigenvalue weighted by atomic mass is 32.1. The number of nitrogens with zero attached hydrogens (tertiary/aromatic N) is 2. The summed E-state index contributed by atoms with van der Waals surface area (Å²) in [5, 5.41) is 21.9. The quantitative estimate of drug-likeness (QED) is 0.391. The van der Waals surface area contributed by atoms with Crippen molar-refractivity contribution >= 4 is 29.0 Å². The van der Waals surface area contributed by atoms with E-state index in [-0.39, 0.29) is 24.0 Å². The van der Waals surface area contributed by atoms with Crippen LogP contribution < -0.4 is 0 Å². The summed E-state index contributed by atoms with van der Waals surface area (Å²) in [4.78, 5) is 43.4. The molecular formula is C30H30N2O4S. The Labute approximate surface area is 221 Å². The van der Waals surface area contributed by atoms with E-state index in [1.807, 2.05) is 50.4 Å². The van der Waals surface area contributed by atoms with Crippen LogP contribution in [0.1, 0.15) is 71.1 Å². The van der Waals surface area contributed by atoms with Gasteiger partial charge in [-0.05, 0) is 48.9 Å². The number of amides is 1. The van der Waals surface area contributed by atoms with E-state index in [1.54, 1.807) is 43.3 Å². The molecule has 1 N–H and O–H groups in total. The lowest BCUT2D eigenvalue weighted by Crippen LogP contribution is -2.54. The summed E-state index contributed by atoms with van der Waals surface area (Å²) in [6.45, 7) is 7.33. The Morgan fingerprint density at radius 2 is 1.73 bits per heavy atom. The summed E-state index contributed by atoms with van der Waals surface area (Å²) in [7, 11) is 0. The van der Waals surface area contributed by atoms with Gasteiger partial charge < -0.3 is 10.0 Å². The van der Waals surface area contributed by atoms with Crippen molar-refractivity contribution in [2.45, 2.75) is 51.6 Å². The van der Waals surface area contributed by atoms with Crippen LogP contribution in [-0.4, -0.2) is 33.2 Å². The van der Waals surface area contributed by atoms with E-state index in [2.05, 4.69) is 6.07 Å². The molecule has 3 aromatic rings. The van der Waals surface area contributed by atoms with Crippen molar-refractivity contribution in [1.29, 1.82) is 5.26 Å². The van der Waals surface area contributed by atoms with Crippen LogP contribution in [0.4, 0.5) is 0 Å². The average Bonchev–Trinajstić information content (AvgIpc) is 3.48. The molecule has 0 aliphatic carbocycles. The third-order valence-electron chi connectivity index (χ3n) is 7.24. The number of carbonyl (C=O) groups is 3. The van der Waals surface area contributed by atoms with E-state index in [0.717, 1.165) is 10.4 Å². The van der Waals surface area contributed by atoms with Crippen LogP contribution in [0.2, 0.25) is 0 Å². The molecule has 1 amide bonds. The predicted molar refractivity (Wildman–Crippen MR) is 142 cm³/mol. The molecule has 1 aromatic heterocycles. The highest BCUT2D eigenvalue weighted by Crippen LogP contribution is 2.57. The van der Waals surface area contributed by atoms with Crippen LogP contribution in [-0.2, 0) is 9.59 Å². The number of Topliss-reactive ketones (excluding diaryl/α,β-unsaturated/α-hetero) is 1. The van der Waals surface area contributed by atoms with E-state index in [1.165, 1.54) is 16.2 Å². The number of hydrogen-bond donors (Lipinski definition) is 1. The number of carbonyl (C=O) groups excluding carboxylic acids is 2. The monoisotopic (exact) mass is 514 g/mol. The Kier molecular flexibility index (Phi) is 7.33. The van der Waals surface area contributed by atoms with Gasteiger partial charge in [-0.1, -0.05) is 61.9 Å². The second-order valence-corrected chi connectivity index (χ2v) is 11.2. The molecule has 2 aromatic carbocycles. The number of ketones is 1. The minimum absolute atomic E-state index is 0.000743. The fourth-order valence-corrected chi connectivity index (χ4v) is 6.46. The van der Waals surface area contributed by atoms with Crippen molar-refractivity contribution in [3.05, 3.63) is 93.2 Å². The zero-order valence-corrected chi connectivity index (χ0v) is 22.2. The molecule has 4 atom stereocenters. The van der Waals surface area contributed by atoms with E-state index >= 15 is 0 Å². The van der Waals surface area contributed by atoms with Crippen molar-refractivity contribution in [1.82, 2.24) is 4.90 Å². The van der Waals surface area contributed by atoms with Gasteiger partial charge in [0.25, 0.3) is 0 Å². The van der Waals surface area contributed by atoms with Gasteiger partial charge in [0.1, 0.15) is 5.54 Å². The Morgan fingerprint density at radius 1 is 1.08 bits per heavy atom. The first-order valence-corrected chi connectivity index (χ1v) is 13.2. The topological polar surface area (TPSA) is 98.5 Å². The molecule has 0 bridgehead atoms. The minimum Gasteiger partial charge on any atom is -0.479 e. The smallest absolute Gasteiger partial charge is 0.330 e. The highest BCUT2D eigenvalue weighted by molar-refractivity contribution is 7.10. The lowest BCUT2D eigenvalue weighted by atomic mass is 9.74. The molecule has 1 saturated heterocycles. The summed E-state index contributed by atoms with van der Waals surface area (Å²) >= 11 is 1.39. The molecule has 1 aliphatic rings. The maximum absolute atomic E-state index is 14.3. The van der Waals surface area contributed by atoms with Crippen molar-refractivity contribution in [3.8, 4) is 6.07 Å². The molecule has 6 nitrogen and oxygen atoms in total. The summed E-state index contributed by atoms with van der Waals surface area (Å²) in [5.74, 6) is -3.28. The molecule has 1 aliphatic heterocycles. The maximum Gasteiger partial charge on any atom is 0.330 e. The molecule has 2 heterocycles. The highest BCUT2D eigenvalue weighted by Gasteiger charge is 2.65. The van der Waals surface area contributed by atoms with Gasteiger partial charge >= 0.3 is 5.97 Å². The molecule has 37 heavy (non-hydrogen) atoms. The van der Waals surface area contributed by atoms with E-state index in [9.17, 15) is 24.8 Å². The number of likely N-dealkylation sites (tertiary alicyclic amines) is 1. The first-order chi connectivity index (χ1) is 17.6. The number of thiophene rings is 1. The third-order valence-corrected chi connectivity index (χ3v) is 8.19. The Morgan fingerprint density at radius 3 is 2.24 bits per heavy atom. The SMILES string of the molecule is Cc1ccc(C(=O)C2C(c3ccc(C#N)cc3)N(C(=O)CC(C)C)C(C)(C(=O)O)C2c2cccs2)cc1. The van der Waals surface area contributed by atoms with Gasteiger partial charge in [-0.25, -0.2) is 4.79 Å². The fraction of sp³-hybridized carbons (Fsp3) is 0.333. The Hall–Kier alpha value is -3.76. The Balaban J connectivity index is 2.01. The molecule has 7 heteroatoms. The summed E-state index contributed by atoms with van der Waals surface area (Å²) in [6, 6.07) is 18.9. The van der Waals surface area contributed by atoms with E-state index in [0.29, 0.717) is 16.7 Å². The standard InChI is InChI=1S/C30H30N2O4S/c1-18(2)16-24(33)32-27(21-13-9-20(17-31)10-14-21)25(28(34)22-11-7-19(3)8-12-22)26(23-6-5-15-37-23)30(32,4)29(35)36/h5-15,18,25-27H,16H2,1-4H3,(H,35,36). The molecule has 4 rings (SSSR count). The number of benzene rings is 2. The molecule has 1 fully saturated rings. The van der Waals surface area contributed by atoms with Crippen LogP contribution in [0.3, 0.4) is 0 Å². The zero-order valence-electron chi connectivity index (χ0n) is 21.3. The minimum atomic E-state index is -1.67. The van der Waals surface area contributed by atoms with Gasteiger partial charge in [0.05, 0.1) is 23.6 Å². The largest absolute Gasteiger partial charge is 0.479 e. The predicted octanol–water partition coefficient (Wildman–Crippen LogP) is 5.98. The normalized spacial score (nSPS) is 23.1. The van der Waals surface area contributed by atoms with Gasteiger partial charge in [0, 0.05) is 22.8 Å². The number of hydrogen-bond acceptors (Lipinski definition) is 5. The van der Waals surface area contributed by atoms with Crippen molar-refractivity contribution < 1.29 is 19.5 Å². The lowest BCUT2D eigenvalue weighted by Gasteiger charge is -2.38. The average molecular weight is 515 g/mol. The maximum atomic E-state index is 14.3. The van der Waals surface area contributed by atoms with Crippen LogP contribution in [0.15, 0.2) is 66.0 Å². The second kappa shape index (κ2) is 10.3.